The number of nitrogens with zero attached hydrogens (tertiary/aromatic N) is 2. The second-order valence-electron chi connectivity index (χ2n) is 5.17. The molecule has 0 radical (unpaired) electrons. The molecule has 0 saturated carbocycles. The number of nitrogen functional groups attached to an aromatic ring is 1. The third-order valence-corrected chi connectivity index (χ3v) is 3.11. The van der Waals surface area contributed by atoms with Gasteiger partial charge in [-0.3, -0.25) is 4.79 Å². The summed E-state index contributed by atoms with van der Waals surface area (Å²) < 4.78 is 1.20. The zero-order chi connectivity index (χ0) is 14.7. The molecular formula is C16H19N3O. The lowest BCUT2D eigenvalue weighted by atomic mass is 10.0. The van der Waals surface area contributed by atoms with Crippen molar-refractivity contribution >= 4 is 12.0 Å². The van der Waals surface area contributed by atoms with Crippen molar-refractivity contribution in [3.63, 3.8) is 0 Å². The van der Waals surface area contributed by atoms with Crippen molar-refractivity contribution in [1.29, 1.82) is 0 Å². The van der Waals surface area contributed by atoms with Gasteiger partial charge in [0.1, 0.15) is 5.82 Å². The van der Waals surface area contributed by atoms with Gasteiger partial charge in [-0.15, -0.1) is 0 Å². The maximum atomic E-state index is 11.8. The lowest BCUT2D eigenvalue weighted by molar-refractivity contribution is 0.843. The number of aryl methyl sites for hydroxylation is 1. The lowest BCUT2D eigenvalue weighted by Gasteiger charge is -2.05. The van der Waals surface area contributed by atoms with Gasteiger partial charge in [-0.25, -0.2) is 0 Å². The van der Waals surface area contributed by atoms with Gasteiger partial charge in [-0.1, -0.05) is 38.1 Å². The molecule has 0 unspecified atom stereocenters. The van der Waals surface area contributed by atoms with E-state index in [-0.39, 0.29) is 5.56 Å². The van der Waals surface area contributed by atoms with Crippen molar-refractivity contribution < 1.29 is 0 Å². The number of hydrogen-bond acceptors (Lipinski definition) is 3. The summed E-state index contributed by atoms with van der Waals surface area (Å²) in [6.45, 7) is 6.13. The molecule has 0 spiro atoms. The molecule has 0 saturated heterocycles. The molecule has 1 heterocycles. The summed E-state index contributed by atoms with van der Waals surface area (Å²) in [5, 5.41) is 4.15. The summed E-state index contributed by atoms with van der Waals surface area (Å²) in [5.41, 5.74) is 8.61. The van der Waals surface area contributed by atoms with Crippen LogP contribution in [0.4, 0.5) is 5.82 Å². The fourth-order valence-electron chi connectivity index (χ4n) is 1.93. The standard InChI is InChI=1S/C16H19N3O/c1-11(2)14-6-4-13(5-7-14)10-18-19-15(17)8-12(3)9-16(19)20/h4-11H,17H2,1-3H3/b18-10-. The van der Waals surface area contributed by atoms with Crippen LogP contribution >= 0.6 is 0 Å². The smallest absolute Gasteiger partial charge is 0.273 e. The highest BCUT2D eigenvalue weighted by molar-refractivity contribution is 5.79. The van der Waals surface area contributed by atoms with Crippen molar-refractivity contribution in [2.24, 2.45) is 5.10 Å². The van der Waals surface area contributed by atoms with Crippen LogP contribution in [0.25, 0.3) is 0 Å². The fourth-order valence-corrected chi connectivity index (χ4v) is 1.93. The van der Waals surface area contributed by atoms with Gasteiger partial charge in [0.25, 0.3) is 5.56 Å². The third kappa shape index (κ3) is 3.15. The highest BCUT2D eigenvalue weighted by Crippen LogP contribution is 2.14. The van der Waals surface area contributed by atoms with Gasteiger partial charge in [0, 0.05) is 6.07 Å². The zero-order valence-electron chi connectivity index (χ0n) is 12.0. The van der Waals surface area contributed by atoms with Crippen LogP contribution in [-0.4, -0.2) is 10.9 Å². The van der Waals surface area contributed by atoms with Crippen molar-refractivity contribution in [3.05, 3.63) is 63.4 Å². The molecule has 104 valence electrons. The zero-order valence-corrected chi connectivity index (χ0v) is 12.0. The average Bonchev–Trinajstić information content (AvgIpc) is 2.38. The van der Waals surface area contributed by atoms with Gasteiger partial charge >= 0.3 is 0 Å². The molecule has 0 fully saturated rings. The van der Waals surface area contributed by atoms with Crippen LogP contribution in [0.15, 0.2) is 46.3 Å². The highest BCUT2D eigenvalue weighted by Gasteiger charge is 2.00. The van der Waals surface area contributed by atoms with Gasteiger partial charge < -0.3 is 5.73 Å². The largest absolute Gasteiger partial charge is 0.384 e. The van der Waals surface area contributed by atoms with E-state index >= 15 is 0 Å². The first-order chi connectivity index (χ1) is 9.47. The Bertz CT molecular complexity index is 682. The molecule has 2 aromatic rings. The lowest BCUT2D eigenvalue weighted by Crippen LogP contribution is -2.19. The van der Waals surface area contributed by atoms with Crippen LogP contribution < -0.4 is 11.3 Å². The minimum Gasteiger partial charge on any atom is -0.384 e. The first kappa shape index (κ1) is 14.1. The number of rotatable bonds is 3. The predicted molar refractivity (Wildman–Crippen MR) is 83.4 cm³/mol. The topological polar surface area (TPSA) is 60.4 Å². The quantitative estimate of drug-likeness (QED) is 0.871. The molecular weight excluding hydrogens is 250 g/mol. The van der Waals surface area contributed by atoms with Crippen molar-refractivity contribution in [2.75, 3.05) is 5.73 Å². The van der Waals surface area contributed by atoms with Crippen molar-refractivity contribution in [1.82, 2.24) is 4.68 Å². The number of hydrogen-bond donors (Lipinski definition) is 1. The average molecular weight is 269 g/mol. The van der Waals surface area contributed by atoms with Crippen LogP contribution in [0.5, 0.6) is 0 Å². The summed E-state index contributed by atoms with van der Waals surface area (Å²) in [6.07, 6.45) is 1.64. The van der Waals surface area contributed by atoms with E-state index in [1.54, 1.807) is 12.3 Å². The summed E-state index contributed by atoms with van der Waals surface area (Å²) in [5.74, 6) is 0.835. The van der Waals surface area contributed by atoms with E-state index in [2.05, 4.69) is 31.1 Å². The Labute approximate surface area is 118 Å². The summed E-state index contributed by atoms with van der Waals surface area (Å²) in [6, 6.07) is 11.3. The second-order valence-corrected chi connectivity index (χ2v) is 5.17. The molecule has 0 bridgehead atoms. The van der Waals surface area contributed by atoms with Crippen LogP contribution in [0.1, 0.15) is 36.5 Å². The molecule has 4 heteroatoms. The molecule has 0 aliphatic rings. The van der Waals surface area contributed by atoms with Gasteiger partial charge in [0.2, 0.25) is 0 Å². The van der Waals surface area contributed by atoms with E-state index in [0.717, 1.165) is 11.1 Å². The van der Waals surface area contributed by atoms with Gasteiger partial charge in [0.15, 0.2) is 0 Å². The summed E-state index contributed by atoms with van der Waals surface area (Å²) >= 11 is 0. The monoisotopic (exact) mass is 269 g/mol. The minimum atomic E-state index is -0.224. The molecule has 4 nitrogen and oxygen atoms in total. The Morgan fingerprint density at radius 2 is 1.85 bits per heavy atom. The second kappa shape index (κ2) is 5.74. The molecule has 1 aromatic heterocycles. The molecule has 2 rings (SSSR count). The summed E-state index contributed by atoms with van der Waals surface area (Å²) in [7, 11) is 0. The Kier molecular flexibility index (Phi) is 4.03. The van der Waals surface area contributed by atoms with E-state index in [9.17, 15) is 4.79 Å². The van der Waals surface area contributed by atoms with Crippen LogP contribution in [0, 0.1) is 6.92 Å². The number of anilines is 1. The van der Waals surface area contributed by atoms with E-state index < -0.39 is 0 Å². The van der Waals surface area contributed by atoms with Crippen LogP contribution in [-0.2, 0) is 0 Å². The van der Waals surface area contributed by atoms with E-state index in [4.69, 9.17) is 5.73 Å². The molecule has 0 aliphatic carbocycles. The molecule has 2 N–H and O–H groups in total. The van der Waals surface area contributed by atoms with Crippen molar-refractivity contribution in [2.45, 2.75) is 26.7 Å². The normalized spacial score (nSPS) is 11.4. The molecule has 20 heavy (non-hydrogen) atoms. The number of aromatic nitrogens is 1. The van der Waals surface area contributed by atoms with Gasteiger partial charge in [-0.05, 0) is 35.6 Å². The predicted octanol–water partition coefficient (Wildman–Crippen LogP) is 2.74. The first-order valence-corrected chi connectivity index (χ1v) is 6.61. The molecule has 0 atom stereocenters. The highest BCUT2D eigenvalue weighted by atomic mass is 16.1. The third-order valence-electron chi connectivity index (χ3n) is 3.11. The van der Waals surface area contributed by atoms with Gasteiger partial charge in [0.05, 0.1) is 6.21 Å². The van der Waals surface area contributed by atoms with E-state index in [1.807, 2.05) is 19.1 Å². The summed E-state index contributed by atoms with van der Waals surface area (Å²) in [4.78, 5) is 11.8. The Hall–Kier alpha value is -2.36. The van der Waals surface area contributed by atoms with E-state index in [0.29, 0.717) is 11.7 Å². The Balaban J connectivity index is 2.28. The van der Waals surface area contributed by atoms with Crippen LogP contribution in [0.3, 0.4) is 0 Å². The van der Waals surface area contributed by atoms with Gasteiger partial charge in [-0.2, -0.15) is 9.78 Å². The number of pyridine rings is 1. The maximum absolute atomic E-state index is 11.8. The molecule has 0 aliphatic heterocycles. The van der Waals surface area contributed by atoms with Crippen LogP contribution in [0.2, 0.25) is 0 Å². The molecule has 1 aromatic carbocycles. The minimum absolute atomic E-state index is 0.224. The number of benzene rings is 1. The fraction of sp³-hybridized carbons (Fsp3) is 0.250. The molecule has 0 amide bonds. The number of nitrogens with two attached hydrogens (primary N) is 1. The van der Waals surface area contributed by atoms with Crippen molar-refractivity contribution in [3.8, 4) is 0 Å². The van der Waals surface area contributed by atoms with E-state index in [1.165, 1.54) is 16.3 Å². The maximum Gasteiger partial charge on any atom is 0.273 e. The SMILES string of the molecule is Cc1cc(N)n(/N=C\c2ccc(C(C)C)cc2)c(=O)c1. The Morgan fingerprint density at radius 3 is 2.40 bits per heavy atom. The Morgan fingerprint density at radius 1 is 1.20 bits per heavy atom. The first-order valence-electron chi connectivity index (χ1n) is 6.61.